The molecule has 6 heteroatoms. The van der Waals surface area contributed by atoms with Gasteiger partial charge in [0.2, 0.25) is 0 Å². The molecule has 2 heterocycles. The maximum absolute atomic E-state index is 13.3. The minimum Gasteiger partial charge on any atom is -0.380 e. The normalized spacial score (nSPS) is 18.8. The minimum atomic E-state index is -0.149. The summed E-state index contributed by atoms with van der Waals surface area (Å²) in [5, 5.41) is 0.610. The van der Waals surface area contributed by atoms with Gasteiger partial charge in [0, 0.05) is 36.0 Å². The van der Waals surface area contributed by atoms with Crippen LogP contribution in [0.4, 0.5) is 0 Å². The van der Waals surface area contributed by atoms with Crippen molar-refractivity contribution in [2.24, 2.45) is 0 Å². The Morgan fingerprint density at radius 3 is 2.67 bits per heavy atom. The van der Waals surface area contributed by atoms with Crippen LogP contribution in [0.3, 0.4) is 0 Å². The average molecular weight is 387 g/mol. The van der Waals surface area contributed by atoms with E-state index in [-0.39, 0.29) is 17.0 Å². The van der Waals surface area contributed by atoms with E-state index in [0.29, 0.717) is 36.9 Å². The van der Waals surface area contributed by atoms with E-state index in [9.17, 15) is 9.59 Å². The number of carbonyl (C=O) groups is 1. The first-order valence-electron chi connectivity index (χ1n) is 9.43. The third-order valence-corrected chi connectivity index (χ3v) is 6.17. The summed E-state index contributed by atoms with van der Waals surface area (Å²) >= 11 is 6.23. The molecule has 1 aliphatic heterocycles. The van der Waals surface area contributed by atoms with Gasteiger partial charge in [0.1, 0.15) is 0 Å². The van der Waals surface area contributed by atoms with Gasteiger partial charge < -0.3 is 14.2 Å². The molecule has 1 saturated carbocycles. The van der Waals surface area contributed by atoms with E-state index >= 15 is 0 Å². The zero-order valence-electron chi connectivity index (χ0n) is 15.2. The fourth-order valence-corrected chi connectivity index (χ4v) is 4.26. The molecule has 0 radical (unpaired) electrons. The summed E-state index contributed by atoms with van der Waals surface area (Å²) in [5.41, 5.74) is 1.17. The Bertz CT molecular complexity index is 904. The molecular formula is C21H23ClN2O3. The molecule has 0 N–H and O–H groups in total. The molecule has 27 heavy (non-hydrogen) atoms. The Morgan fingerprint density at radius 2 is 1.93 bits per heavy atom. The van der Waals surface area contributed by atoms with Crippen LogP contribution in [0, 0.1) is 0 Å². The number of amides is 1. The van der Waals surface area contributed by atoms with Crippen molar-refractivity contribution in [3.05, 3.63) is 69.1 Å². The molecule has 2 aromatic rings. The Morgan fingerprint density at radius 1 is 1.11 bits per heavy atom. The molecule has 142 valence electrons. The van der Waals surface area contributed by atoms with Gasteiger partial charge in [-0.05, 0) is 43.4 Å². The molecule has 1 spiro atoms. The van der Waals surface area contributed by atoms with Crippen LogP contribution in [0.5, 0.6) is 0 Å². The number of carbonyl (C=O) groups excluding carboxylic acids is 1. The van der Waals surface area contributed by atoms with E-state index in [1.807, 2.05) is 23.1 Å². The summed E-state index contributed by atoms with van der Waals surface area (Å²) in [4.78, 5) is 27.6. The zero-order chi connectivity index (χ0) is 18.9. The van der Waals surface area contributed by atoms with Gasteiger partial charge in [-0.15, -0.1) is 0 Å². The maximum Gasteiger partial charge on any atom is 0.255 e. The molecule has 1 amide bonds. The quantitative estimate of drug-likeness (QED) is 0.813. The molecule has 0 unspecified atom stereocenters. The van der Waals surface area contributed by atoms with Crippen LogP contribution in [0.2, 0.25) is 5.02 Å². The zero-order valence-corrected chi connectivity index (χ0v) is 16.0. The lowest BCUT2D eigenvalue weighted by atomic mass is 9.73. The number of rotatable bonds is 3. The predicted octanol–water partition coefficient (Wildman–Crippen LogP) is 3.34. The number of hydrogen-bond acceptors (Lipinski definition) is 3. The van der Waals surface area contributed by atoms with Crippen molar-refractivity contribution in [2.75, 3.05) is 19.8 Å². The van der Waals surface area contributed by atoms with E-state index in [1.165, 1.54) is 6.07 Å². The third-order valence-electron chi connectivity index (χ3n) is 5.80. The third kappa shape index (κ3) is 3.54. The van der Waals surface area contributed by atoms with Gasteiger partial charge in [-0.2, -0.15) is 0 Å². The van der Waals surface area contributed by atoms with Gasteiger partial charge in [0.15, 0.2) is 0 Å². The summed E-state index contributed by atoms with van der Waals surface area (Å²) in [6.07, 6.45) is 5.75. The summed E-state index contributed by atoms with van der Waals surface area (Å²) in [6, 6.07) is 10.5. The van der Waals surface area contributed by atoms with Crippen LogP contribution < -0.4 is 5.56 Å². The summed E-state index contributed by atoms with van der Waals surface area (Å²) < 4.78 is 7.16. The van der Waals surface area contributed by atoms with E-state index < -0.39 is 0 Å². The molecule has 5 nitrogen and oxygen atoms in total. The molecule has 1 aliphatic carbocycles. The number of nitrogens with zero attached hydrogens (tertiary/aromatic N) is 2. The van der Waals surface area contributed by atoms with E-state index in [0.717, 1.165) is 31.2 Å². The van der Waals surface area contributed by atoms with E-state index in [2.05, 4.69) is 0 Å². The second-order valence-electron chi connectivity index (χ2n) is 7.37. The highest BCUT2D eigenvalue weighted by Crippen LogP contribution is 2.42. The monoisotopic (exact) mass is 386 g/mol. The van der Waals surface area contributed by atoms with Crippen LogP contribution in [0.25, 0.3) is 0 Å². The van der Waals surface area contributed by atoms with Crippen molar-refractivity contribution in [3.8, 4) is 0 Å². The summed E-state index contributed by atoms with van der Waals surface area (Å²) in [7, 11) is 0. The highest BCUT2D eigenvalue weighted by molar-refractivity contribution is 6.31. The van der Waals surface area contributed by atoms with Crippen LogP contribution in [0.1, 0.15) is 41.6 Å². The lowest BCUT2D eigenvalue weighted by molar-refractivity contribution is 0.0181. The molecule has 1 saturated heterocycles. The lowest BCUT2D eigenvalue weighted by Gasteiger charge is -2.49. The van der Waals surface area contributed by atoms with Crippen LogP contribution in [0.15, 0.2) is 47.4 Å². The van der Waals surface area contributed by atoms with Crippen molar-refractivity contribution in [1.82, 2.24) is 9.47 Å². The Labute approximate surface area is 163 Å². The molecular weight excluding hydrogens is 364 g/mol. The predicted molar refractivity (Wildman–Crippen MR) is 104 cm³/mol. The number of benzene rings is 1. The topological polar surface area (TPSA) is 51.5 Å². The molecule has 0 atom stereocenters. The Balaban J connectivity index is 1.63. The molecule has 1 aromatic carbocycles. The fourth-order valence-electron chi connectivity index (χ4n) is 4.06. The van der Waals surface area contributed by atoms with Gasteiger partial charge in [-0.1, -0.05) is 29.8 Å². The second kappa shape index (κ2) is 7.49. The van der Waals surface area contributed by atoms with E-state index in [1.54, 1.807) is 22.9 Å². The van der Waals surface area contributed by atoms with Crippen LogP contribution in [-0.4, -0.2) is 40.7 Å². The first-order chi connectivity index (χ1) is 13.1. The van der Waals surface area contributed by atoms with E-state index in [4.69, 9.17) is 16.3 Å². The Hall–Kier alpha value is -2.11. The second-order valence-corrected chi connectivity index (χ2v) is 7.78. The number of pyridine rings is 1. The molecule has 2 fully saturated rings. The van der Waals surface area contributed by atoms with Crippen molar-refractivity contribution in [2.45, 2.75) is 37.8 Å². The fraction of sp³-hybridized carbons (Fsp3) is 0.429. The van der Waals surface area contributed by atoms with Gasteiger partial charge in [0.25, 0.3) is 11.5 Å². The van der Waals surface area contributed by atoms with Crippen molar-refractivity contribution < 1.29 is 9.53 Å². The summed E-state index contributed by atoms with van der Waals surface area (Å²) in [5.74, 6) is -0.0203. The first-order valence-corrected chi connectivity index (χ1v) is 9.80. The van der Waals surface area contributed by atoms with Crippen molar-refractivity contribution in [3.63, 3.8) is 0 Å². The average Bonchev–Trinajstić information content (AvgIpc) is 2.87. The minimum absolute atomic E-state index is 0.0203. The standard InChI is InChI=1S/C21H23ClN2O3/c22-18-5-2-1-4-16(18)14-23-15-17(6-7-19(23)25)20(26)24-11-13-27-12-10-21(24)8-3-9-21/h1-2,4-7,15H,3,8-14H2. The van der Waals surface area contributed by atoms with Crippen LogP contribution in [-0.2, 0) is 11.3 Å². The SMILES string of the molecule is O=C(c1ccc(=O)n(Cc2ccccc2Cl)c1)N1CCOCCC12CCC2. The molecule has 4 rings (SSSR count). The maximum atomic E-state index is 13.3. The molecule has 0 bridgehead atoms. The van der Waals surface area contributed by atoms with Gasteiger partial charge in [0.05, 0.1) is 18.7 Å². The highest BCUT2D eigenvalue weighted by Gasteiger charge is 2.45. The number of ether oxygens (including phenoxy) is 1. The molecule has 1 aromatic heterocycles. The lowest BCUT2D eigenvalue weighted by Crippen LogP contribution is -2.56. The summed E-state index contributed by atoms with van der Waals surface area (Å²) in [6.45, 7) is 2.21. The number of halogens is 1. The highest BCUT2D eigenvalue weighted by atomic mass is 35.5. The van der Waals surface area contributed by atoms with Gasteiger partial charge >= 0.3 is 0 Å². The smallest absolute Gasteiger partial charge is 0.255 e. The van der Waals surface area contributed by atoms with Crippen molar-refractivity contribution in [1.29, 1.82) is 0 Å². The van der Waals surface area contributed by atoms with Crippen LogP contribution >= 0.6 is 11.6 Å². The molecule has 2 aliphatic rings. The Kier molecular flexibility index (Phi) is 5.06. The van der Waals surface area contributed by atoms with Crippen molar-refractivity contribution >= 4 is 17.5 Å². The first kappa shape index (κ1) is 18.3. The van der Waals surface area contributed by atoms with Gasteiger partial charge in [-0.25, -0.2) is 0 Å². The van der Waals surface area contributed by atoms with Gasteiger partial charge in [-0.3, -0.25) is 9.59 Å². The number of aromatic nitrogens is 1. The largest absolute Gasteiger partial charge is 0.380 e. The number of hydrogen-bond donors (Lipinski definition) is 0.